The highest BCUT2D eigenvalue weighted by atomic mass is 16.2. The molecule has 2 heterocycles. The van der Waals surface area contributed by atoms with E-state index in [1.54, 1.807) is 6.07 Å². The highest BCUT2D eigenvalue weighted by Gasteiger charge is 2.43. The molecule has 2 unspecified atom stereocenters. The maximum absolute atomic E-state index is 12.5. The molecule has 2 atom stereocenters. The van der Waals surface area contributed by atoms with Gasteiger partial charge in [0.2, 0.25) is 5.91 Å². The molecule has 1 saturated heterocycles. The van der Waals surface area contributed by atoms with Crippen LogP contribution in [0, 0.1) is 17.2 Å². The summed E-state index contributed by atoms with van der Waals surface area (Å²) in [4.78, 5) is 14.6. The van der Waals surface area contributed by atoms with Gasteiger partial charge in [0.1, 0.15) is 6.17 Å². The monoisotopic (exact) mass is 316 g/mol. The fourth-order valence-corrected chi connectivity index (χ4v) is 3.35. The van der Waals surface area contributed by atoms with Crippen molar-refractivity contribution in [2.24, 2.45) is 5.92 Å². The zero-order chi connectivity index (χ0) is 16.5. The van der Waals surface area contributed by atoms with Crippen LogP contribution >= 0.6 is 0 Å². The molecule has 5 nitrogen and oxygen atoms in total. The number of amides is 1. The number of rotatable bonds is 2. The number of carbonyl (C=O) groups is 1. The molecule has 2 N–H and O–H groups in total. The number of fused-ring (bicyclic) bond motifs is 1. The van der Waals surface area contributed by atoms with Gasteiger partial charge in [0.25, 0.3) is 0 Å². The Morgan fingerprint density at radius 1 is 1.12 bits per heavy atom. The normalized spacial score (nSPS) is 22.4. The molecule has 2 aliphatic rings. The maximum atomic E-state index is 12.5. The molecule has 0 saturated carbocycles. The number of hydrogen-bond acceptors (Lipinski definition) is 4. The van der Waals surface area contributed by atoms with E-state index in [0.717, 1.165) is 16.8 Å². The van der Waals surface area contributed by atoms with Crippen molar-refractivity contribution < 1.29 is 4.79 Å². The lowest BCUT2D eigenvalue weighted by Gasteiger charge is -2.34. The van der Waals surface area contributed by atoms with Crippen molar-refractivity contribution in [3.8, 4) is 6.07 Å². The summed E-state index contributed by atoms with van der Waals surface area (Å²) < 4.78 is 0. The predicted octanol–water partition coefficient (Wildman–Crippen LogP) is 2.04. The molecule has 0 bridgehead atoms. The fourth-order valence-electron chi connectivity index (χ4n) is 3.35. The summed E-state index contributed by atoms with van der Waals surface area (Å²) in [5.74, 6) is -0.307. The SMILES string of the molecule is N#Cc1cccc(C2=CN(c3ccccc3)C3NCNC(=O)C23)c1. The van der Waals surface area contributed by atoms with Crippen molar-refractivity contribution in [3.63, 3.8) is 0 Å². The number of anilines is 1. The summed E-state index contributed by atoms with van der Waals surface area (Å²) in [6, 6.07) is 19.5. The number of nitrogens with one attached hydrogen (secondary N) is 2. The number of benzene rings is 2. The number of nitrogens with zero attached hydrogens (tertiary/aromatic N) is 2. The Kier molecular flexibility index (Phi) is 3.52. The first-order chi connectivity index (χ1) is 11.8. The van der Waals surface area contributed by atoms with Crippen molar-refractivity contribution in [1.29, 1.82) is 5.26 Å². The number of para-hydroxylation sites is 1. The lowest BCUT2D eigenvalue weighted by Crippen LogP contribution is -2.58. The van der Waals surface area contributed by atoms with Gasteiger partial charge in [-0.2, -0.15) is 5.26 Å². The van der Waals surface area contributed by atoms with Gasteiger partial charge < -0.3 is 10.2 Å². The minimum atomic E-state index is -0.312. The van der Waals surface area contributed by atoms with Gasteiger partial charge in [-0.3, -0.25) is 10.1 Å². The van der Waals surface area contributed by atoms with E-state index in [2.05, 4.69) is 21.6 Å². The van der Waals surface area contributed by atoms with E-state index in [0.29, 0.717) is 12.2 Å². The molecule has 1 fully saturated rings. The van der Waals surface area contributed by atoms with Crippen LogP contribution in [-0.2, 0) is 4.79 Å². The third-order valence-corrected chi connectivity index (χ3v) is 4.46. The number of hydrogen-bond donors (Lipinski definition) is 2. The average molecular weight is 316 g/mol. The van der Waals surface area contributed by atoms with Crippen LogP contribution in [0.2, 0.25) is 0 Å². The third kappa shape index (κ3) is 2.34. The Bertz CT molecular complexity index is 853. The lowest BCUT2D eigenvalue weighted by molar-refractivity contribution is -0.125. The first-order valence-corrected chi connectivity index (χ1v) is 7.84. The second-order valence-corrected chi connectivity index (χ2v) is 5.86. The number of carbonyl (C=O) groups excluding carboxylic acids is 1. The summed E-state index contributed by atoms with van der Waals surface area (Å²) in [5, 5.41) is 15.4. The largest absolute Gasteiger partial charge is 0.343 e. The second kappa shape index (κ2) is 5.84. The van der Waals surface area contributed by atoms with Crippen LogP contribution in [0.15, 0.2) is 60.8 Å². The standard InChI is InChI=1S/C19H16N4O/c20-10-13-5-4-6-14(9-13)16-11-23(15-7-2-1-3-8-15)18-17(16)19(24)22-12-21-18/h1-9,11,17-18,21H,12H2,(H,22,24). The molecule has 0 radical (unpaired) electrons. The molecule has 2 aromatic rings. The lowest BCUT2D eigenvalue weighted by atomic mass is 9.90. The second-order valence-electron chi connectivity index (χ2n) is 5.86. The molecular weight excluding hydrogens is 300 g/mol. The van der Waals surface area contributed by atoms with Gasteiger partial charge in [0.05, 0.1) is 24.2 Å². The maximum Gasteiger partial charge on any atom is 0.232 e. The quantitative estimate of drug-likeness (QED) is 0.890. The van der Waals surface area contributed by atoms with Crippen LogP contribution in [0.1, 0.15) is 11.1 Å². The fraction of sp³-hybridized carbons (Fsp3) is 0.158. The van der Waals surface area contributed by atoms with Crippen LogP contribution in [0.4, 0.5) is 5.69 Å². The minimum Gasteiger partial charge on any atom is -0.343 e. The van der Waals surface area contributed by atoms with Gasteiger partial charge in [-0.1, -0.05) is 30.3 Å². The van der Waals surface area contributed by atoms with Gasteiger partial charge in [-0.25, -0.2) is 0 Å². The van der Waals surface area contributed by atoms with Crippen molar-refractivity contribution in [2.75, 3.05) is 11.6 Å². The first-order valence-electron chi connectivity index (χ1n) is 7.84. The van der Waals surface area contributed by atoms with Crippen molar-refractivity contribution in [2.45, 2.75) is 6.17 Å². The Morgan fingerprint density at radius 3 is 2.75 bits per heavy atom. The van der Waals surface area contributed by atoms with Crippen LogP contribution in [0.3, 0.4) is 0 Å². The van der Waals surface area contributed by atoms with E-state index in [1.165, 1.54) is 0 Å². The van der Waals surface area contributed by atoms with Crippen molar-refractivity contribution in [3.05, 3.63) is 71.9 Å². The molecule has 2 aromatic carbocycles. The first kappa shape index (κ1) is 14.5. The zero-order valence-electron chi connectivity index (χ0n) is 12.9. The summed E-state index contributed by atoms with van der Waals surface area (Å²) >= 11 is 0. The van der Waals surface area contributed by atoms with E-state index in [-0.39, 0.29) is 18.0 Å². The van der Waals surface area contributed by atoms with Crippen LogP contribution in [-0.4, -0.2) is 18.7 Å². The Balaban J connectivity index is 1.81. The van der Waals surface area contributed by atoms with Gasteiger partial charge in [0.15, 0.2) is 0 Å². The van der Waals surface area contributed by atoms with Crippen LogP contribution in [0.25, 0.3) is 5.57 Å². The van der Waals surface area contributed by atoms with Crippen molar-refractivity contribution in [1.82, 2.24) is 10.6 Å². The summed E-state index contributed by atoms with van der Waals surface area (Å²) in [6.07, 6.45) is 1.89. The average Bonchev–Trinajstić information content (AvgIpc) is 3.04. The molecule has 118 valence electrons. The van der Waals surface area contributed by atoms with E-state index >= 15 is 0 Å². The molecule has 0 aliphatic carbocycles. The Labute approximate surface area is 140 Å². The van der Waals surface area contributed by atoms with E-state index in [9.17, 15) is 4.79 Å². The smallest absolute Gasteiger partial charge is 0.232 e. The van der Waals surface area contributed by atoms with Gasteiger partial charge in [-0.15, -0.1) is 0 Å². The Morgan fingerprint density at radius 2 is 1.96 bits per heavy atom. The molecule has 0 aromatic heterocycles. The zero-order valence-corrected chi connectivity index (χ0v) is 12.9. The molecule has 0 spiro atoms. The van der Waals surface area contributed by atoms with Gasteiger partial charge >= 0.3 is 0 Å². The summed E-state index contributed by atoms with van der Waals surface area (Å²) in [5.41, 5.74) is 3.44. The van der Waals surface area contributed by atoms with Crippen molar-refractivity contribution >= 4 is 17.2 Å². The molecule has 24 heavy (non-hydrogen) atoms. The van der Waals surface area contributed by atoms with E-state index in [1.807, 2.05) is 54.7 Å². The molecule has 4 rings (SSSR count). The molecule has 1 amide bonds. The third-order valence-electron chi connectivity index (χ3n) is 4.46. The topological polar surface area (TPSA) is 68.2 Å². The summed E-state index contributed by atoms with van der Waals surface area (Å²) in [7, 11) is 0. The molecule has 2 aliphatic heterocycles. The summed E-state index contributed by atoms with van der Waals surface area (Å²) in [6.45, 7) is 0.447. The van der Waals surface area contributed by atoms with Gasteiger partial charge in [-0.05, 0) is 35.4 Å². The Hall–Kier alpha value is -3.10. The highest BCUT2D eigenvalue weighted by Crippen LogP contribution is 2.38. The molecular formula is C19H16N4O. The van der Waals surface area contributed by atoms with Crippen LogP contribution in [0.5, 0.6) is 0 Å². The van der Waals surface area contributed by atoms with E-state index in [4.69, 9.17) is 5.26 Å². The van der Waals surface area contributed by atoms with Gasteiger partial charge in [0, 0.05) is 11.9 Å². The highest BCUT2D eigenvalue weighted by molar-refractivity contribution is 5.96. The minimum absolute atomic E-state index is 0.00536. The van der Waals surface area contributed by atoms with Crippen LogP contribution < -0.4 is 15.5 Å². The predicted molar refractivity (Wildman–Crippen MR) is 91.5 cm³/mol. The molecule has 5 heteroatoms. The number of nitriles is 1. The van der Waals surface area contributed by atoms with E-state index < -0.39 is 0 Å².